The molecule has 0 aromatic heterocycles. The molecule has 0 radical (unpaired) electrons. The number of morpholine rings is 1. The number of carbonyl (C=O) groups is 1. The number of hydrogen-bond donors (Lipinski definition) is 1. The average Bonchev–Trinajstić information content (AvgIpc) is 3.24. The molecule has 96 valence electrons. The number of nitrogens with zero attached hydrogens (tertiary/aromatic N) is 1. The Kier molecular flexibility index (Phi) is 3.19. The van der Waals surface area contributed by atoms with E-state index in [-0.39, 0.29) is 12.1 Å². The number of amides is 2. The molecule has 0 spiro atoms. The monoisotopic (exact) mass is 246 g/mol. The molecular weight excluding hydrogens is 228 g/mol. The van der Waals surface area contributed by atoms with Crippen molar-refractivity contribution in [3.8, 4) is 0 Å². The summed E-state index contributed by atoms with van der Waals surface area (Å²) in [6, 6.07) is 10.6. The summed E-state index contributed by atoms with van der Waals surface area (Å²) < 4.78 is 5.74. The summed E-state index contributed by atoms with van der Waals surface area (Å²) in [6.45, 7) is 1.93. The number of ether oxygens (including phenoxy) is 1. The van der Waals surface area contributed by atoms with E-state index in [0.717, 1.165) is 18.4 Å². The second-order valence-corrected chi connectivity index (χ2v) is 4.94. The SMILES string of the molecule is O=C(NC1CC1)N1CCOC(c2ccccc2)C1. The Morgan fingerprint density at radius 3 is 2.78 bits per heavy atom. The van der Waals surface area contributed by atoms with Crippen molar-refractivity contribution >= 4 is 6.03 Å². The van der Waals surface area contributed by atoms with E-state index in [9.17, 15) is 4.79 Å². The molecule has 1 unspecified atom stereocenters. The predicted octanol–water partition coefficient (Wildman–Crippen LogP) is 1.93. The summed E-state index contributed by atoms with van der Waals surface area (Å²) in [5.74, 6) is 0. The van der Waals surface area contributed by atoms with Gasteiger partial charge in [0, 0.05) is 12.6 Å². The normalized spacial score (nSPS) is 23.8. The minimum absolute atomic E-state index is 0.00454. The topological polar surface area (TPSA) is 41.6 Å². The Balaban J connectivity index is 1.62. The highest BCUT2D eigenvalue weighted by Crippen LogP contribution is 2.23. The number of carbonyl (C=O) groups excluding carboxylic acids is 1. The van der Waals surface area contributed by atoms with Gasteiger partial charge >= 0.3 is 6.03 Å². The number of urea groups is 1. The molecule has 1 N–H and O–H groups in total. The van der Waals surface area contributed by atoms with Gasteiger partial charge in [0.15, 0.2) is 0 Å². The first-order valence-electron chi connectivity index (χ1n) is 6.55. The van der Waals surface area contributed by atoms with Gasteiger partial charge in [-0.1, -0.05) is 30.3 Å². The van der Waals surface area contributed by atoms with E-state index >= 15 is 0 Å². The van der Waals surface area contributed by atoms with Crippen LogP contribution >= 0.6 is 0 Å². The highest BCUT2D eigenvalue weighted by Gasteiger charge is 2.29. The van der Waals surface area contributed by atoms with E-state index in [1.54, 1.807) is 0 Å². The fourth-order valence-electron chi connectivity index (χ4n) is 2.20. The van der Waals surface area contributed by atoms with Crippen LogP contribution in [0.5, 0.6) is 0 Å². The van der Waals surface area contributed by atoms with Crippen molar-refractivity contribution in [2.45, 2.75) is 25.0 Å². The Labute approximate surface area is 107 Å². The number of rotatable bonds is 2. The second kappa shape index (κ2) is 4.98. The molecule has 2 aliphatic rings. The number of hydrogen-bond acceptors (Lipinski definition) is 2. The number of nitrogens with one attached hydrogen (secondary N) is 1. The molecule has 1 heterocycles. The zero-order valence-corrected chi connectivity index (χ0v) is 10.3. The van der Waals surface area contributed by atoms with Crippen LogP contribution in [0.1, 0.15) is 24.5 Å². The Bertz CT molecular complexity index is 417. The van der Waals surface area contributed by atoms with Crippen LogP contribution in [0.3, 0.4) is 0 Å². The molecule has 1 aromatic carbocycles. The summed E-state index contributed by atoms with van der Waals surface area (Å²) in [7, 11) is 0. The van der Waals surface area contributed by atoms with Gasteiger partial charge in [-0.05, 0) is 18.4 Å². The van der Waals surface area contributed by atoms with Gasteiger partial charge in [0.1, 0.15) is 6.10 Å². The van der Waals surface area contributed by atoms with Gasteiger partial charge < -0.3 is 15.0 Å². The highest BCUT2D eigenvalue weighted by atomic mass is 16.5. The maximum atomic E-state index is 12.0. The van der Waals surface area contributed by atoms with E-state index < -0.39 is 0 Å². The molecule has 1 aliphatic carbocycles. The third kappa shape index (κ3) is 2.64. The van der Waals surface area contributed by atoms with E-state index in [0.29, 0.717) is 25.7 Å². The first kappa shape index (κ1) is 11.5. The van der Waals surface area contributed by atoms with Crippen LogP contribution in [-0.4, -0.2) is 36.7 Å². The Morgan fingerprint density at radius 2 is 2.06 bits per heavy atom. The lowest BCUT2D eigenvalue weighted by Gasteiger charge is -2.33. The van der Waals surface area contributed by atoms with Crippen LogP contribution in [0.2, 0.25) is 0 Å². The highest BCUT2D eigenvalue weighted by molar-refractivity contribution is 5.75. The van der Waals surface area contributed by atoms with E-state index in [2.05, 4.69) is 5.32 Å². The van der Waals surface area contributed by atoms with Crippen molar-refractivity contribution in [1.29, 1.82) is 0 Å². The van der Waals surface area contributed by atoms with Crippen molar-refractivity contribution < 1.29 is 9.53 Å². The van der Waals surface area contributed by atoms with Crippen molar-refractivity contribution in [1.82, 2.24) is 10.2 Å². The van der Waals surface area contributed by atoms with Gasteiger partial charge in [-0.15, -0.1) is 0 Å². The largest absolute Gasteiger partial charge is 0.370 e. The van der Waals surface area contributed by atoms with Crippen LogP contribution in [-0.2, 0) is 4.74 Å². The maximum Gasteiger partial charge on any atom is 0.317 e. The Hall–Kier alpha value is -1.55. The van der Waals surface area contributed by atoms with Crippen LogP contribution in [0.25, 0.3) is 0 Å². The molecule has 1 saturated carbocycles. The standard InChI is InChI=1S/C14H18N2O2/c17-14(15-12-6-7-12)16-8-9-18-13(10-16)11-4-2-1-3-5-11/h1-5,12-13H,6-10H2,(H,15,17). The third-order valence-corrected chi connectivity index (χ3v) is 3.43. The van der Waals surface area contributed by atoms with E-state index in [4.69, 9.17) is 4.74 Å². The summed E-state index contributed by atoms with van der Waals surface area (Å²) in [5, 5.41) is 3.03. The minimum atomic E-state index is 0.00454. The molecule has 18 heavy (non-hydrogen) atoms. The zero-order valence-electron chi connectivity index (χ0n) is 10.3. The molecule has 1 atom stereocenters. The molecule has 0 bridgehead atoms. The lowest BCUT2D eigenvalue weighted by atomic mass is 10.1. The molecule has 1 saturated heterocycles. The van der Waals surface area contributed by atoms with Gasteiger partial charge in [0.2, 0.25) is 0 Å². The first-order chi connectivity index (χ1) is 8.83. The summed E-state index contributed by atoms with van der Waals surface area (Å²) >= 11 is 0. The quantitative estimate of drug-likeness (QED) is 0.866. The summed E-state index contributed by atoms with van der Waals surface area (Å²) in [4.78, 5) is 13.8. The van der Waals surface area contributed by atoms with Crippen LogP contribution in [0.15, 0.2) is 30.3 Å². The van der Waals surface area contributed by atoms with Gasteiger partial charge in [-0.2, -0.15) is 0 Å². The van der Waals surface area contributed by atoms with E-state index in [1.807, 2.05) is 35.2 Å². The van der Waals surface area contributed by atoms with Crippen LogP contribution < -0.4 is 5.32 Å². The average molecular weight is 246 g/mol. The smallest absolute Gasteiger partial charge is 0.317 e. The molecule has 2 amide bonds. The summed E-state index contributed by atoms with van der Waals surface area (Å²) in [6.07, 6.45) is 2.25. The molecule has 1 aromatic rings. The third-order valence-electron chi connectivity index (χ3n) is 3.43. The molecule has 1 aliphatic heterocycles. The molecule has 4 heteroatoms. The fourth-order valence-corrected chi connectivity index (χ4v) is 2.20. The van der Waals surface area contributed by atoms with Crippen molar-refractivity contribution in [2.24, 2.45) is 0 Å². The summed E-state index contributed by atoms with van der Waals surface area (Å²) in [5.41, 5.74) is 1.14. The minimum Gasteiger partial charge on any atom is -0.370 e. The fraction of sp³-hybridized carbons (Fsp3) is 0.500. The lowest BCUT2D eigenvalue weighted by Crippen LogP contribution is -2.47. The van der Waals surface area contributed by atoms with Gasteiger partial charge in [-0.25, -0.2) is 4.79 Å². The lowest BCUT2D eigenvalue weighted by molar-refractivity contribution is -0.0154. The molecule has 3 rings (SSSR count). The predicted molar refractivity (Wildman–Crippen MR) is 68.3 cm³/mol. The van der Waals surface area contributed by atoms with Gasteiger partial charge in [0.25, 0.3) is 0 Å². The number of benzene rings is 1. The maximum absolute atomic E-state index is 12.0. The van der Waals surface area contributed by atoms with Crippen LogP contribution in [0.4, 0.5) is 4.79 Å². The van der Waals surface area contributed by atoms with Crippen LogP contribution in [0, 0.1) is 0 Å². The van der Waals surface area contributed by atoms with Gasteiger partial charge in [-0.3, -0.25) is 0 Å². The van der Waals surface area contributed by atoms with Crippen molar-refractivity contribution in [3.63, 3.8) is 0 Å². The Morgan fingerprint density at radius 1 is 1.28 bits per heavy atom. The second-order valence-electron chi connectivity index (χ2n) is 4.94. The molecule has 2 fully saturated rings. The van der Waals surface area contributed by atoms with Crippen molar-refractivity contribution in [3.05, 3.63) is 35.9 Å². The van der Waals surface area contributed by atoms with Gasteiger partial charge in [0.05, 0.1) is 13.2 Å². The molecular formula is C14H18N2O2. The molecule has 4 nitrogen and oxygen atoms in total. The van der Waals surface area contributed by atoms with Crippen molar-refractivity contribution in [2.75, 3.05) is 19.7 Å². The van der Waals surface area contributed by atoms with E-state index in [1.165, 1.54) is 0 Å². The zero-order chi connectivity index (χ0) is 12.4. The first-order valence-corrected chi connectivity index (χ1v) is 6.55.